The first-order valence-electron chi connectivity index (χ1n) is 3.57. The van der Waals surface area contributed by atoms with Gasteiger partial charge < -0.3 is 0 Å². The predicted molar refractivity (Wildman–Crippen MR) is 45.8 cm³/mol. The van der Waals surface area contributed by atoms with Crippen LogP contribution in [0.4, 0.5) is 0 Å². The lowest BCUT2D eigenvalue weighted by Gasteiger charge is -2.21. The molecular weight excluding hydrogens is 146 g/mol. The summed E-state index contributed by atoms with van der Waals surface area (Å²) in [5, 5.41) is 0. The maximum atomic E-state index is 11.5. The summed E-state index contributed by atoms with van der Waals surface area (Å²) in [5.41, 5.74) is 0. The molecule has 0 aromatic carbocycles. The van der Waals surface area contributed by atoms with Crippen molar-refractivity contribution in [2.75, 3.05) is 5.75 Å². The highest BCUT2D eigenvalue weighted by atomic mass is 32.2. The Kier molecular flexibility index (Phi) is 2.89. The summed E-state index contributed by atoms with van der Waals surface area (Å²) in [5.74, 6) is 0.524. The number of nitrogens with one attached hydrogen (secondary N) is 1. The Morgan fingerprint density at radius 3 is 1.90 bits per heavy atom. The second-order valence-corrected chi connectivity index (χ2v) is 6.48. The molecule has 0 aliphatic heterocycles. The number of hydrogen-bond donors (Lipinski definition) is 1. The Balaban J connectivity index is 4.44. The molecule has 0 rings (SSSR count). The zero-order valence-corrected chi connectivity index (χ0v) is 8.05. The molecule has 0 spiro atoms. The maximum absolute atomic E-state index is 11.5. The van der Waals surface area contributed by atoms with E-state index in [2.05, 4.69) is 0 Å². The van der Waals surface area contributed by atoms with Crippen molar-refractivity contribution in [2.24, 2.45) is 0 Å². The van der Waals surface area contributed by atoms with E-state index in [9.17, 15) is 4.21 Å². The lowest BCUT2D eigenvalue weighted by atomic mass is 10.3. The minimum Gasteiger partial charge on any atom is -0.252 e. The van der Waals surface area contributed by atoms with E-state index < -0.39 is 9.73 Å². The summed E-state index contributed by atoms with van der Waals surface area (Å²) in [7, 11) is -2.35. The van der Waals surface area contributed by atoms with Gasteiger partial charge in [-0.15, -0.1) is 0 Å². The lowest BCUT2D eigenvalue weighted by molar-refractivity contribution is 0.635. The van der Waals surface area contributed by atoms with Crippen LogP contribution in [-0.2, 0) is 9.73 Å². The molecule has 0 saturated heterocycles. The van der Waals surface area contributed by atoms with Gasteiger partial charge in [0.2, 0.25) is 0 Å². The number of rotatable bonds is 2. The van der Waals surface area contributed by atoms with Crippen LogP contribution in [0.25, 0.3) is 0 Å². The van der Waals surface area contributed by atoms with Crippen molar-refractivity contribution in [3.8, 4) is 0 Å². The van der Waals surface area contributed by atoms with Crippen LogP contribution in [0.1, 0.15) is 34.1 Å². The molecule has 0 heterocycles. The summed E-state index contributed by atoms with van der Waals surface area (Å²) >= 11 is 0. The minimum atomic E-state index is -2.35. The fourth-order valence-electron chi connectivity index (χ4n) is 0.594. The van der Waals surface area contributed by atoms with Crippen molar-refractivity contribution in [1.82, 2.24) is 0 Å². The van der Waals surface area contributed by atoms with E-state index in [0.717, 1.165) is 6.42 Å². The molecule has 2 nitrogen and oxygen atoms in total. The molecule has 0 saturated carbocycles. The van der Waals surface area contributed by atoms with Crippen LogP contribution in [0, 0.1) is 4.78 Å². The number of hydrogen-bond acceptors (Lipinski definition) is 2. The largest absolute Gasteiger partial charge is 0.252 e. The smallest absolute Gasteiger partial charge is 0.0491 e. The predicted octanol–water partition coefficient (Wildman–Crippen LogP) is 2.24. The van der Waals surface area contributed by atoms with Gasteiger partial charge in [0.15, 0.2) is 0 Å². The molecule has 0 unspecified atom stereocenters. The summed E-state index contributed by atoms with van der Waals surface area (Å²) in [6.45, 7) is 7.54. The lowest BCUT2D eigenvalue weighted by Crippen LogP contribution is -2.28. The van der Waals surface area contributed by atoms with Crippen LogP contribution in [0.2, 0.25) is 0 Å². The molecule has 10 heavy (non-hydrogen) atoms. The van der Waals surface area contributed by atoms with Crippen molar-refractivity contribution in [1.29, 1.82) is 4.78 Å². The van der Waals surface area contributed by atoms with E-state index in [1.54, 1.807) is 0 Å². The van der Waals surface area contributed by atoms with Gasteiger partial charge in [-0.1, -0.05) is 6.92 Å². The summed E-state index contributed by atoms with van der Waals surface area (Å²) in [6, 6.07) is 0. The van der Waals surface area contributed by atoms with Gasteiger partial charge in [0, 0.05) is 20.2 Å². The van der Waals surface area contributed by atoms with Crippen LogP contribution in [0.15, 0.2) is 0 Å². The monoisotopic (exact) mass is 163 g/mol. The third kappa shape index (κ3) is 2.29. The SMILES string of the molecule is CCC[S@](=N)(=O)C(C)(C)C. The first kappa shape index (κ1) is 9.95. The molecule has 0 aliphatic carbocycles. The molecule has 0 amide bonds. The fraction of sp³-hybridized carbons (Fsp3) is 1.00. The van der Waals surface area contributed by atoms with Gasteiger partial charge in [-0.25, -0.2) is 4.21 Å². The quantitative estimate of drug-likeness (QED) is 0.666. The summed E-state index contributed by atoms with van der Waals surface area (Å²) < 4.78 is 18.6. The van der Waals surface area contributed by atoms with Crippen LogP contribution in [0.3, 0.4) is 0 Å². The average Bonchev–Trinajstić information content (AvgIpc) is 1.61. The second-order valence-electron chi connectivity index (χ2n) is 3.49. The molecule has 0 aliphatic rings. The Bertz CT molecular complexity index is 186. The van der Waals surface area contributed by atoms with Gasteiger partial charge in [0.05, 0.1) is 0 Å². The highest BCUT2D eigenvalue weighted by molar-refractivity contribution is 7.93. The Hall–Kier alpha value is -0.0500. The highest BCUT2D eigenvalue weighted by Crippen LogP contribution is 2.17. The Morgan fingerprint density at radius 1 is 1.40 bits per heavy atom. The van der Waals surface area contributed by atoms with Gasteiger partial charge in [-0.3, -0.25) is 4.78 Å². The Labute approximate surface area is 64.0 Å². The minimum absolute atomic E-state index is 0.358. The topological polar surface area (TPSA) is 40.9 Å². The van der Waals surface area contributed by atoms with E-state index in [4.69, 9.17) is 4.78 Å². The zero-order chi connectivity index (χ0) is 8.41. The highest BCUT2D eigenvalue weighted by Gasteiger charge is 2.23. The molecule has 0 bridgehead atoms. The first-order chi connectivity index (χ1) is 4.31. The van der Waals surface area contributed by atoms with Crippen LogP contribution in [-0.4, -0.2) is 14.7 Å². The molecule has 1 atom stereocenters. The van der Waals surface area contributed by atoms with Gasteiger partial charge in [0.1, 0.15) is 0 Å². The maximum Gasteiger partial charge on any atom is 0.0491 e. The third-order valence-corrected chi connectivity index (χ3v) is 4.44. The van der Waals surface area contributed by atoms with E-state index in [-0.39, 0.29) is 4.75 Å². The fourth-order valence-corrected chi connectivity index (χ4v) is 1.78. The average molecular weight is 163 g/mol. The van der Waals surface area contributed by atoms with Crippen molar-refractivity contribution >= 4 is 9.73 Å². The van der Waals surface area contributed by atoms with Crippen LogP contribution < -0.4 is 0 Å². The Morgan fingerprint density at radius 2 is 1.80 bits per heavy atom. The van der Waals surface area contributed by atoms with E-state index in [1.165, 1.54) is 0 Å². The van der Waals surface area contributed by atoms with Crippen LogP contribution in [0.5, 0.6) is 0 Å². The molecular formula is C7H17NOS. The van der Waals surface area contributed by atoms with Crippen molar-refractivity contribution in [2.45, 2.75) is 38.9 Å². The van der Waals surface area contributed by atoms with Crippen molar-refractivity contribution < 1.29 is 4.21 Å². The first-order valence-corrected chi connectivity index (χ1v) is 5.30. The molecule has 0 aromatic rings. The molecule has 3 heteroatoms. The molecule has 0 aromatic heterocycles. The van der Waals surface area contributed by atoms with E-state index >= 15 is 0 Å². The standard InChI is InChI=1S/C7H17NOS/c1-5-6-10(8,9)7(2,3)4/h8H,5-6H2,1-4H3/t10-/m0/s1. The van der Waals surface area contributed by atoms with E-state index in [1.807, 2.05) is 27.7 Å². The molecule has 0 fully saturated rings. The zero-order valence-electron chi connectivity index (χ0n) is 7.23. The van der Waals surface area contributed by atoms with Gasteiger partial charge in [-0.2, -0.15) is 0 Å². The van der Waals surface area contributed by atoms with Crippen molar-refractivity contribution in [3.05, 3.63) is 0 Å². The molecule has 0 radical (unpaired) electrons. The van der Waals surface area contributed by atoms with Crippen LogP contribution >= 0.6 is 0 Å². The summed E-state index contributed by atoms with van der Waals surface area (Å²) in [4.78, 5) is 0. The normalized spacial score (nSPS) is 18.4. The summed E-state index contributed by atoms with van der Waals surface area (Å²) in [6.07, 6.45) is 0.833. The molecule has 1 N–H and O–H groups in total. The van der Waals surface area contributed by atoms with Gasteiger partial charge >= 0.3 is 0 Å². The van der Waals surface area contributed by atoms with Gasteiger partial charge in [0.25, 0.3) is 0 Å². The third-order valence-electron chi connectivity index (χ3n) is 1.48. The van der Waals surface area contributed by atoms with Crippen molar-refractivity contribution in [3.63, 3.8) is 0 Å². The van der Waals surface area contributed by atoms with Gasteiger partial charge in [-0.05, 0) is 27.2 Å². The van der Waals surface area contributed by atoms with E-state index in [0.29, 0.717) is 5.75 Å². The second kappa shape index (κ2) is 2.91. The molecule has 62 valence electrons.